The number of benzene rings is 2. The van der Waals surface area contributed by atoms with E-state index in [0.29, 0.717) is 29.9 Å². The average Bonchev–Trinajstić information content (AvgIpc) is 2.75. The van der Waals surface area contributed by atoms with Crippen LogP contribution >= 0.6 is 0 Å². The number of hydrogen-bond donors (Lipinski definition) is 0. The van der Waals surface area contributed by atoms with Gasteiger partial charge in [-0.2, -0.15) is 0 Å². The molecular formula is C24H24O7. The minimum atomic E-state index is -0.536. The highest BCUT2D eigenvalue weighted by atomic mass is 16.6. The van der Waals surface area contributed by atoms with Gasteiger partial charge in [-0.25, -0.2) is 9.59 Å². The third kappa shape index (κ3) is 6.18. The summed E-state index contributed by atoms with van der Waals surface area (Å²) in [5.74, 6) is -0.514. The van der Waals surface area contributed by atoms with E-state index in [-0.39, 0.29) is 25.6 Å². The van der Waals surface area contributed by atoms with E-state index in [9.17, 15) is 14.4 Å². The lowest BCUT2D eigenvalue weighted by atomic mass is 10.0. The maximum Gasteiger partial charge on any atom is 0.344 e. The Morgan fingerprint density at radius 1 is 1.00 bits per heavy atom. The van der Waals surface area contributed by atoms with E-state index in [4.69, 9.17) is 18.6 Å². The van der Waals surface area contributed by atoms with Crippen molar-refractivity contribution in [2.45, 2.75) is 33.3 Å². The quantitative estimate of drug-likeness (QED) is 0.382. The smallest absolute Gasteiger partial charge is 0.344 e. The van der Waals surface area contributed by atoms with Crippen LogP contribution in [0.1, 0.15) is 30.0 Å². The van der Waals surface area contributed by atoms with Crippen molar-refractivity contribution in [2.75, 3.05) is 13.2 Å². The van der Waals surface area contributed by atoms with Crippen molar-refractivity contribution in [3.05, 3.63) is 75.6 Å². The number of aryl methyl sites for hydroxylation is 2. The Labute approximate surface area is 179 Å². The van der Waals surface area contributed by atoms with E-state index in [0.717, 1.165) is 16.5 Å². The fourth-order valence-corrected chi connectivity index (χ4v) is 3.11. The van der Waals surface area contributed by atoms with Crippen molar-refractivity contribution >= 4 is 22.9 Å². The Bertz CT molecular complexity index is 1120. The highest BCUT2D eigenvalue weighted by molar-refractivity contribution is 5.83. The molecule has 0 amide bonds. The zero-order chi connectivity index (χ0) is 22.2. The second-order valence-corrected chi connectivity index (χ2v) is 6.94. The van der Waals surface area contributed by atoms with Crippen LogP contribution in [0, 0.1) is 6.92 Å². The molecule has 31 heavy (non-hydrogen) atoms. The van der Waals surface area contributed by atoms with Gasteiger partial charge in [-0.05, 0) is 43.0 Å². The summed E-state index contributed by atoms with van der Waals surface area (Å²) >= 11 is 0. The van der Waals surface area contributed by atoms with Crippen LogP contribution < -0.4 is 10.4 Å². The van der Waals surface area contributed by atoms with Crippen molar-refractivity contribution < 1.29 is 28.2 Å². The van der Waals surface area contributed by atoms with Gasteiger partial charge in [0.2, 0.25) is 0 Å². The Hall–Kier alpha value is -3.61. The second kappa shape index (κ2) is 10.4. The molecule has 0 aliphatic carbocycles. The molecule has 0 bridgehead atoms. The van der Waals surface area contributed by atoms with Crippen LogP contribution in [-0.2, 0) is 32.1 Å². The average molecular weight is 424 g/mol. The van der Waals surface area contributed by atoms with Crippen LogP contribution in [0.4, 0.5) is 0 Å². The van der Waals surface area contributed by atoms with Gasteiger partial charge < -0.3 is 18.6 Å². The van der Waals surface area contributed by atoms with Crippen LogP contribution in [0.25, 0.3) is 11.0 Å². The number of rotatable bonds is 9. The number of ether oxygens (including phenoxy) is 3. The zero-order valence-electron chi connectivity index (χ0n) is 17.5. The summed E-state index contributed by atoms with van der Waals surface area (Å²) < 4.78 is 21.2. The summed E-state index contributed by atoms with van der Waals surface area (Å²) in [6.07, 6.45) is 0.506. The molecule has 0 N–H and O–H groups in total. The molecule has 0 aliphatic rings. The lowest BCUT2D eigenvalue weighted by Crippen LogP contribution is -2.16. The monoisotopic (exact) mass is 424 g/mol. The standard InChI is InChI=1S/C24H24O7/c1-3-28-22(25)10-9-18-12-19-16(2)11-23(26)31-21(19)13-20(18)29-15-24(27)30-14-17-7-5-4-6-8-17/h4-8,11-13H,3,9-10,14-15H2,1-2H3. The van der Waals surface area contributed by atoms with Gasteiger partial charge in [0.1, 0.15) is 17.9 Å². The van der Waals surface area contributed by atoms with Gasteiger partial charge in [0, 0.05) is 23.9 Å². The van der Waals surface area contributed by atoms with E-state index in [2.05, 4.69) is 0 Å². The van der Waals surface area contributed by atoms with Crippen LogP contribution in [-0.4, -0.2) is 25.2 Å². The number of carbonyl (C=O) groups is 2. The summed E-state index contributed by atoms with van der Waals surface area (Å²) in [6, 6.07) is 14.1. The molecule has 0 unspecified atom stereocenters. The van der Waals surface area contributed by atoms with Gasteiger partial charge in [-0.1, -0.05) is 30.3 Å². The topological polar surface area (TPSA) is 92.0 Å². The lowest BCUT2D eigenvalue weighted by Gasteiger charge is -2.13. The Balaban J connectivity index is 1.75. The molecule has 1 aromatic heterocycles. The molecule has 0 radical (unpaired) electrons. The fourth-order valence-electron chi connectivity index (χ4n) is 3.11. The molecule has 7 heteroatoms. The summed E-state index contributed by atoms with van der Waals surface area (Å²) in [7, 11) is 0. The largest absolute Gasteiger partial charge is 0.481 e. The minimum Gasteiger partial charge on any atom is -0.481 e. The highest BCUT2D eigenvalue weighted by Crippen LogP contribution is 2.28. The van der Waals surface area contributed by atoms with Gasteiger partial charge in [-0.3, -0.25) is 4.79 Å². The van der Waals surface area contributed by atoms with E-state index in [1.807, 2.05) is 30.3 Å². The third-order valence-electron chi connectivity index (χ3n) is 4.62. The molecule has 2 aromatic carbocycles. The van der Waals surface area contributed by atoms with Crippen LogP contribution in [0.3, 0.4) is 0 Å². The first-order valence-corrected chi connectivity index (χ1v) is 10.0. The maximum absolute atomic E-state index is 12.1. The summed E-state index contributed by atoms with van der Waals surface area (Å²) in [5, 5.41) is 0.734. The van der Waals surface area contributed by atoms with E-state index in [1.165, 1.54) is 6.07 Å². The zero-order valence-corrected chi connectivity index (χ0v) is 17.5. The van der Waals surface area contributed by atoms with Gasteiger partial charge in [0.05, 0.1) is 6.61 Å². The molecule has 162 valence electrons. The van der Waals surface area contributed by atoms with Gasteiger partial charge in [0.25, 0.3) is 0 Å². The third-order valence-corrected chi connectivity index (χ3v) is 4.62. The van der Waals surface area contributed by atoms with E-state index in [1.54, 1.807) is 26.0 Å². The van der Waals surface area contributed by atoms with Gasteiger partial charge in [0.15, 0.2) is 6.61 Å². The van der Waals surface area contributed by atoms with E-state index >= 15 is 0 Å². The maximum atomic E-state index is 12.1. The molecule has 7 nitrogen and oxygen atoms in total. The highest BCUT2D eigenvalue weighted by Gasteiger charge is 2.14. The number of carbonyl (C=O) groups excluding carboxylic acids is 2. The van der Waals surface area contributed by atoms with Crippen molar-refractivity contribution in [1.82, 2.24) is 0 Å². The Morgan fingerprint density at radius 2 is 1.77 bits per heavy atom. The molecule has 0 atom stereocenters. The number of fused-ring (bicyclic) bond motifs is 1. The Kier molecular flexibility index (Phi) is 7.43. The molecule has 0 fully saturated rings. The van der Waals surface area contributed by atoms with Gasteiger partial charge in [-0.15, -0.1) is 0 Å². The summed E-state index contributed by atoms with van der Waals surface area (Å²) in [5.41, 5.74) is 2.19. The van der Waals surface area contributed by atoms with E-state index < -0.39 is 11.6 Å². The van der Waals surface area contributed by atoms with Crippen molar-refractivity contribution in [3.8, 4) is 5.75 Å². The molecule has 3 aromatic rings. The molecule has 3 rings (SSSR count). The molecule has 0 aliphatic heterocycles. The molecule has 0 saturated carbocycles. The summed E-state index contributed by atoms with van der Waals surface area (Å²) in [6.45, 7) is 3.67. The van der Waals surface area contributed by atoms with Crippen LogP contribution in [0.15, 0.2) is 57.7 Å². The SMILES string of the molecule is CCOC(=O)CCc1cc2c(C)cc(=O)oc2cc1OCC(=O)OCc1ccccc1. The van der Waals surface area contributed by atoms with Crippen molar-refractivity contribution in [3.63, 3.8) is 0 Å². The first-order chi connectivity index (χ1) is 15.0. The number of esters is 2. The number of hydrogen-bond acceptors (Lipinski definition) is 7. The molecule has 0 spiro atoms. The molecule has 1 heterocycles. The second-order valence-electron chi connectivity index (χ2n) is 6.94. The van der Waals surface area contributed by atoms with Crippen LogP contribution in [0.5, 0.6) is 5.75 Å². The van der Waals surface area contributed by atoms with Crippen molar-refractivity contribution in [1.29, 1.82) is 0 Å². The molecular weight excluding hydrogens is 400 g/mol. The minimum absolute atomic E-state index is 0.143. The predicted octanol–water partition coefficient (Wildman–Crippen LogP) is 3.72. The normalized spacial score (nSPS) is 10.6. The van der Waals surface area contributed by atoms with Crippen molar-refractivity contribution in [2.24, 2.45) is 0 Å². The Morgan fingerprint density at radius 3 is 2.52 bits per heavy atom. The van der Waals surface area contributed by atoms with Crippen LogP contribution in [0.2, 0.25) is 0 Å². The lowest BCUT2D eigenvalue weighted by molar-refractivity contribution is -0.147. The van der Waals surface area contributed by atoms with Gasteiger partial charge >= 0.3 is 17.6 Å². The first-order valence-electron chi connectivity index (χ1n) is 10.0. The fraction of sp³-hybridized carbons (Fsp3) is 0.292. The molecule has 0 saturated heterocycles. The summed E-state index contributed by atoms with van der Waals surface area (Å²) in [4.78, 5) is 35.7. The predicted molar refractivity (Wildman–Crippen MR) is 114 cm³/mol. The first kappa shape index (κ1) is 22.1.